The van der Waals surface area contributed by atoms with Crippen LogP contribution in [0.3, 0.4) is 0 Å². The van der Waals surface area contributed by atoms with E-state index in [2.05, 4.69) is 10.6 Å². The Kier molecular flexibility index (Phi) is 6.27. The maximum atomic E-state index is 13.0. The van der Waals surface area contributed by atoms with E-state index in [1.54, 1.807) is 6.92 Å². The molecule has 2 heterocycles. The molecule has 176 valence electrons. The second kappa shape index (κ2) is 8.52. The maximum absolute atomic E-state index is 13.0. The van der Waals surface area contributed by atoms with Gasteiger partial charge >= 0.3 is 5.97 Å². The lowest BCUT2D eigenvalue weighted by Crippen LogP contribution is -2.55. The molecule has 2 N–H and O–H groups in total. The quantitative estimate of drug-likeness (QED) is 0.358. The number of non-ortho nitro benzene ring substituents is 2. The molecule has 33 heavy (non-hydrogen) atoms. The highest BCUT2D eigenvalue weighted by Gasteiger charge is 2.42. The van der Waals surface area contributed by atoms with Crippen molar-refractivity contribution in [2.75, 3.05) is 11.9 Å². The van der Waals surface area contributed by atoms with Gasteiger partial charge in [-0.25, -0.2) is 4.79 Å². The number of carbonyl (C=O) groups excluding carboxylic acids is 2. The van der Waals surface area contributed by atoms with Crippen LogP contribution in [0.1, 0.15) is 65.8 Å². The van der Waals surface area contributed by atoms with E-state index in [-0.39, 0.29) is 28.3 Å². The molecule has 1 amide bonds. The number of hydrogen-bond acceptors (Lipinski definition) is 9. The van der Waals surface area contributed by atoms with E-state index < -0.39 is 38.6 Å². The van der Waals surface area contributed by atoms with Crippen molar-refractivity contribution in [3.05, 3.63) is 60.0 Å². The van der Waals surface area contributed by atoms with Crippen LogP contribution in [0.15, 0.2) is 18.2 Å². The normalized spacial score (nSPS) is 15.9. The van der Waals surface area contributed by atoms with Crippen LogP contribution in [0.4, 0.5) is 16.4 Å². The Morgan fingerprint density at radius 3 is 2.21 bits per heavy atom. The van der Waals surface area contributed by atoms with Crippen LogP contribution in [0, 0.1) is 20.2 Å². The predicted octanol–water partition coefficient (Wildman–Crippen LogP) is 4.15. The summed E-state index contributed by atoms with van der Waals surface area (Å²) in [5, 5.41) is 28.7. The smallest absolute Gasteiger partial charge is 0.341 e. The van der Waals surface area contributed by atoms with Crippen molar-refractivity contribution in [2.45, 2.75) is 52.1 Å². The molecule has 0 aliphatic carbocycles. The number of nitro benzene ring substituents is 2. The van der Waals surface area contributed by atoms with Gasteiger partial charge in [-0.2, -0.15) is 0 Å². The summed E-state index contributed by atoms with van der Waals surface area (Å²) in [5.74, 6) is -1.40. The Bertz CT molecular complexity index is 1140. The van der Waals surface area contributed by atoms with Gasteiger partial charge in [-0.3, -0.25) is 25.0 Å². The van der Waals surface area contributed by atoms with Gasteiger partial charge in [0.05, 0.1) is 33.6 Å². The lowest BCUT2D eigenvalue weighted by atomic mass is 9.81. The number of hydrogen-bond donors (Lipinski definition) is 2. The minimum atomic E-state index is -0.812. The van der Waals surface area contributed by atoms with Crippen molar-refractivity contribution in [3.63, 3.8) is 0 Å². The molecule has 0 radical (unpaired) electrons. The van der Waals surface area contributed by atoms with Gasteiger partial charge in [-0.1, -0.05) is 0 Å². The van der Waals surface area contributed by atoms with E-state index in [0.29, 0.717) is 6.42 Å². The van der Waals surface area contributed by atoms with Gasteiger partial charge in [0.1, 0.15) is 5.00 Å². The largest absolute Gasteiger partial charge is 0.462 e. The van der Waals surface area contributed by atoms with Crippen LogP contribution in [-0.4, -0.2) is 33.9 Å². The molecule has 0 saturated heterocycles. The second-order valence-corrected chi connectivity index (χ2v) is 9.87. The van der Waals surface area contributed by atoms with Crippen LogP contribution in [0.5, 0.6) is 0 Å². The number of nitro groups is 2. The molecule has 0 saturated carbocycles. The number of fused-ring (bicyclic) bond motifs is 1. The molecule has 0 spiro atoms. The summed E-state index contributed by atoms with van der Waals surface area (Å²) in [4.78, 5) is 47.4. The highest BCUT2D eigenvalue weighted by Crippen LogP contribution is 2.45. The third kappa shape index (κ3) is 4.86. The van der Waals surface area contributed by atoms with E-state index in [1.165, 1.54) is 11.3 Å². The molecular formula is C21H24N4O7S. The first-order valence-electron chi connectivity index (χ1n) is 10.1. The molecule has 0 fully saturated rings. The van der Waals surface area contributed by atoms with Gasteiger partial charge in [-0.05, 0) is 46.6 Å². The van der Waals surface area contributed by atoms with E-state index in [1.807, 2.05) is 27.7 Å². The summed E-state index contributed by atoms with van der Waals surface area (Å²) in [5.41, 5.74) is -1.29. The number of amides is 1. The average Bonchev–Trinajstić information content (AvgIpc) is 3.04. The SMILES string of the molecule is CCOC(=O)c1c(NC(=O)c2cc([N+](=O)[O-])cc([N+](=O)[O-])c2)sc2c1CC(C)(C)NC2(C)C. The molecule has 0 bridgehead atoms. The van der Waals surface area contributed by atoms with Crippen molar-refractivity contribution in [1.82, 2.24) is 5.32 Å². The molecular weight excluding hydrogens is 452 g/mol. The lowest BCUT2D eigenvalue weighted by molar-refractivity contribution is -0.394. The average molecular weight is 477 g/mol. The Balaban J connectivity index is 2.10. The minimum Gasteiger partial charge on any atom is -0.462 e. The van der Waals surface area contributed by atoms with Crippen LogP contribution >= 0.6 is 11.3 Å². The van der Waals surface area contributed by atoms with Crippen molar-refractivity contribution in [1.29, 1.82) is 0 Å². The van der Waals surface area contributed by atoms with Gasteiger partial charge in [0.2, 0.25) is 0 Å². The molecule has 12 heteroatoms. The van der Waals surface area contributed by atoms with Crippen LogP contribution in [0.25, 0.3) is 0 Å². The van der Waals surface area contributed by atoms with Crippen molar-refractivity contribution < 1.29 is 24.2 Å². The van der Waals surface area contributed by atoms with Gasteiger partial charge in [0.25, 0.3) is 17.3 Å². The van der Waals surface area contributed by atoms with E-state index in [9.17, 15) is 29.8 Å². The molecule has 0 unspecified atom stereocenters. The fourth-order valence-electron chi connectivity index (χ4n) is 4.15. The Hall–Kier alpha value is -3.38. The Labute approximate surface area is 193 Å². The van der Waals surface area contributed by atoms with Crippen LogP contribution < -0.4 is 10.6 Å². The molecule has 1 aromatic heterocycles. The van der Waals surface area contributed by atoms with Crippen molar-refractivity contribution in [3.8, 4) is 0 Å². The first-order chi connectivity index (χ1) is 15.3. The van der Waals surface area contributed by atoms with Crippen LogP contribution in [-0.2, 0) is 16.7 Å². The summed E-state index contributed by atoms with van der Waals surface area (Å²) in [6.45, 7) is 9.75. The molecule has 2 aromatic rings. The number of anilines is 1. The number of rotatable bonds is 6. The molecule has 1 aromatic carbocycles. The van der Waals surface area contributed by atoms with Crippen molar-refractivity contribution >= 4 is 39.6 Å². The zero-order chi connectivity index (χ0) is 24.7. The third-order valence-electron chi connectivity index (χ3n) is 5.14. The third-order valence-corrected chi connectivity index (χ3v) is 6.61. The molecule has 11 nitrogen and oxygen atoms in total. The molecule has 1 aliphatic heterocycles. The zero-order valence-corrected chi connectivity index (χ0v) is 19.6. The highest BCUT2D eigenvalue weighted by atomic mass is 32.1. The summed E-state index contributed by atoms with van der Waals surface area (Å²) in [6, 6.07) is 2.68. The Morgan fingerprint density at radius 1 is 1.12 bits per heavy atom. The van der Waals surface area contributed by atoms with Gasteiger partial charge < -0.3 is 15.4 Å². The number of ether oxygens (including phenoxy) is 1. The number of thiophene rings is 1. The predicted molar refractivity (Wildman–Crippen MR) is 122 cm³/mol. The highest BCUT2D eigenvalue weighted by molar-refractivity contribution is 7.17. The fourth-order valence-corrected chi connectivity index (χ4v) is 5.41. The fraction of sp³-hybridized carbons (Fsp3) is 0.429. The molecule has 3 rings (SSSR count). The first kappa shape index (κ1) is 24.3. The van der Waals surface area contributed by atoms with Gasteiger partial charge in [0.15, 0.2) is 0 Å². The van der Waals surface area contributed by atoms with E-state index in [4.69, 9.17) is 4.74 Å². The van der Waals surface area contributed by atoms with Gasteiger partial charge in [0, 0.05) is 28.1 Å². The van der Waals surface area contributed by atoms with E-state index in [0.717, 1.165) is 28.6 Å². The lowest BCUT2D eigenvalue weighted by Gasteiger charge is -2.42. The summed E-state index contributed by atoms with van der Waals surface area (Å²) in [6.07, 6.45) is 0.508. The van der Waals surface area contributed by atoms with Crippen molar-refractivity contribution in [2.24, 2.45) is 0 Å². The van der Waals surface area contributed by atoms with E-state index >= 15 is 0 Å². The monoisotopic (exact) mass is 476 g/mol. The number of nitrogens with one attached hydrogen (secondary N) is 2. The Morgan fingerprint density at radius 2 is 1.70 bits per heavy atom. The summed E-state index contributed by atoms with van der Waals surface area (Å²) in [7, 11) is 0. The number of benzene rings is 1. The molecule has 1 aliphatic rings. The number of nitrogens with zero attached hydrogens (tertiary/aromatic N) is 2. The second-order valence-electron chi connectivity index (χ2n) is 8.85. The summed E-state index contributed by atoms with van der Waals surface area (Å²) >= 11 is 1.20. The standard InChI is InChI=1S/C21H24N4O7S/c1-6-32-19(27)15-14-10-20(2,3)23-21(4,5)16(14)33-18(15)22-17(26)11-7-12(24(28)29)9-13(8-11)25(30)31/h7-9,23H,6,10H2,1-5H3,(H,22,26). The minimum absolute atomic E-state index is 0.138. The number of esters is 1. The van der Waals surface area contributed by atoms with Gasteiger partial charge in [-0.15, -0.1) is 11.3 Å². The van der Waals surface area contributed by atoms with Crippen LogP contribution in [0.2, 0.25) is 0 Å². The zero-order valence-electron chi connectivity index (χ0n) is 18.8. The molecule has 0 atom stereocenters. The topological polar surface area (TPSA) is 154 Å². The maximum Gasteiger partial charge on any atom is 0.341 e. The first-order valence-corrected chi connectivity index (χ1v) is 10.9. The number of carbonyl (C=O) groups is 2. The summed E-state index contributed by atoms with van der Waals surface area (Å²) < 4.78 is 5.24.